The summed E-state index contributed by atoms with van der Waals surface area (Å²) >= 11 is 5.41. The second-order valence-corrected chi connectivity index (χ2v) is 2.74. The molecular formula is C7H15ClN2O. The highest BCUT2D eigenvalue weighted by Crippen LogP contribution is 1.91. The molecule has 0 aromatic heterocycles. The van der Waals surface area contributed by atoms with Crippen molar-refractivity contribution in [1.29, 1.82) is 0 Å². The summed E-state index contributed by atoms with van der Waals surface area (Å²) in [6, 6.07) is 0. The van der Waals surface area contributed by atoms with Crippen LogP contribution in [0.4, 0.5) is 0 Å². The van der Waals surface area contributed by atoms with Gasteiger partial charge in [-0.25, -0.2) is 0 Å². The Morgan fingerprint density at radius 3 is 2.73 bits per heavy atom. The molecule has 66 valence electrons. The van der Waals surface area contributed by atoms with Gasteiger partial charge in [-0.15, -0.1) is 11.6 Å². The largest absolute Gasteiger partial charge is 0.344 e. The fourth-order valence-electron chi connectivity index (χ4n) is 0.676. The SMILES string of the molecule is CNCCN(C)C(=O)CCCl. The Kier molecular flexibility index (Phi) is 6.27. The van der Waals surface area contributed by atoms with E-state index in [1.807, 2.05) is 7.05 Å². The summed E-state index contributed by atoms with van der Waals surface area (Å²) in [7, 11) is 3.64. The maximum Gasteiger partial charge on any atom is 0.223 e. The molecule has 1 N–H and O–H groups in total. The van der Waals surface area contributed by atoms with Gasteiger partial charge >= 0.3 is 0 Å². The summed E-state index contributed by atoms with van der Waals surface area (Å²) < 4.78 is 0. The number of nitrogens with zero attached hydrogens (tertiary/aromatic N) is 1. The van der Waals surface area contributed by atoms with Crippen molar-refractivity contribution >= 4 is 17.5 Å². The number of hydrogen-bond donors (Lipinski definition) is 1. The lowest BCUT2D eigenvalue weighted by atomic mass is 10.4. The maximum absolute atomic E-state index is 11.1. The van der Waals surface area contributed by atoms with Crippen LogP contribution in [-0.4, -0.2) is 43.9 Å². The van der Waals surface area contributed by atoms with E-state index in [9.17, 15) is 4.79 Å². The number of carbonyl (C=O) groups excluding carboxylic acids is 1. The first kappa shape index (κ1) is 10.7. The fourth-order valence-corrected chi connectivity index (χ4v) is 0.838. The highest BCUT2D eigenvalue weighted by Gasteiger charge is 2.05. The van der Waals surface area contributed by atoms with Gasteiger partial charge in [0.25, 0.3) is 0 Å². The van der Waals surface area contributed by atoms with Crippen molar-refractivity contribution in [2.45, 2.75) is 6.42 Å². The van der Waals surface area contributed by atoms with Crippen molar-refractivity contribution in [3.8, 4) is 0 Å². The van der Waals surface area contributed by atoms with E-state index >= 15 is 0 Å². The summed E-state index contributed by atoms with van der Waals surface area (Å²) in [6.07, 6.45) is 0.432. The Labute approximate surface area is 72.7 Å². The summed E-state index contributed by atoms with van der Waals surface area (Å²) in [5.41, 5.74) is 0. The third-order valence-electron chi connectivity index (χ3n) is 1.43. The second kappa shape index (κ2) is 6.43. The first-order valence-electron chi connectivity index (χ1n) is 3.67. The number of amides is 1. The zero-order valence-electron chi connectivity index (χ0n) is 7.06. The quantitative estimate of drug-likeness (QED) is 0.614. The van der Waals surface area contributed by atoms with Crippen molar-refractivity contribution in [3.63, 3.8) is 0 Å². The number of nitrogens with one attached hydrogen (secondary N) is 1. The number of carbonyl (C=O) groups is 1. The maximum atomic E-state index is 11.1. The molecule has 11 heavy (non-hydrogen) atoms. The first-order chi connectivity index (χ1) is 5.22. The Hall–Kier alpha value is -0.280. The van der Waals surface area contributed by atoms with Crippen LogP contribution in [0.3, 0.4) is 0 Å². The van der Waals surface area contributed by atoms with Crippen LogP contribution in [0, 0.1) is 0 Å². The molecule has 0 saturated carbocycles. The molecule has 0 atom stereocenters. The molecule has 0 aromatic carbocycles. The smallest absolute Gasteiger partial charge is 0.223 e. The first-order valence-corrected chi connectivity index (χ1v) is 4.20. The van der Waals surface area contributed by atoms with E-state index in [-0.39, 0.29) is 5.91 Å². The van der Waals surface area contributed by atoms with Gasteiger partial charge in [0, 0.05) is 32.4 Å². The third kappa shape index (κ3) is 5.04. The number of likely N-dealkylation sites (N-methyl/N-ethyl adjacent to an activating group) is 2. The highest BCUT2D eigenvalue weighted by atomic mass is 35.5. The molecule has 0 aromatic rings. The lowest BCUT2D eigenvalue weighted by molar-refractivity contribution is -0.129. The summed E-state index contributed by atoms with van der Waals surface area (Å²) in [6.45, 7) is 1.57. The lowest BCUT2D eigenvalue weighted by Gasteiger charge is -2.15. The monoisotopic (exact) mass is 178 g/mol. The molecule has 4 heteroatoms. The van der Waals surface area contributed by atoms with Crippen molar-refractivity contribution in [3.05, 3.63) is 0 Å². The zero-order valence-corrected chi connectivity index (χ0v) is 7.82. The molecule has 0 bridgehead atoms. The van der Waals surface area contributed by atoms with E-state index in [1.165, 1.54) is 0 Å². The molecule has 0 aliphatic carbocycles. The van der Waals surface area contributed by atoms with Gasteiger partial charge in [0.05, 0.1) is 0 Å². The summed E-state index contributed by atoms with van der Waals surface area (Å²) in [5.74, 6) is 0.512. The zero-order chi connectivity index (χ0) is 8.69. The Morgan fingerprint density at radius 1 is 1.64 bits per heavy atom. The van der Waals surface area contributed by atoms with Crippen LogP contribution in [0.1, 0.15) is 6.42 Å². The van der Waals surface area contributed by atoms with Crippen LogP contribution in [0.5, 0.6) is 0 Å². The predicted molar refractivity (Wildman–Crippen MR) is 46.9 cm³/mol. The van der Waals surface area contributed by atoms with Gasteiger partial charge in [0.2, 0.25) is 5.91 Å². The average Bonchev–Trinajstić information content (AvgIpc) is 2.00. The van der Waals surface area contributed by atoms with Crippen molar-refractivity contribution in [2.24, 2.45) is 0 Å². The molecule has 0 heterocycles. The van der Waals surface area contributed by atoms with E-state index in [2.05, 4.69) is 5.32 Å². The molecular weight excluding hydrogens is 164 g/mol. The summed E-state index contributed by atoms with van der Waals surface area (Å²) in [5, 5.41) is 2.97. The molecule has 0 aliphatic heterocycles. The number of hydrogen-bond acceptors (Lipinski definition) is 2. The molecule has 0 rings (SSSR count). The van der Waals surface area contributed by atoms with Gasteiger partial charge in [-0.2, -0.15) is 0 Å². The number of alkyl halides is 1. The highest BCUT2D eigenvalue weighted by molar-refractivity contribution is 6.18. The standard InChI is InChI=1S/C7H15ClN2O/c1-9-5-6-10(2)7(11)3-4-8/h9H,3-6H2,1-2H3. The van der Waals surface area contributed by atoms with E-state index in [1.54, 1.807) is 11.9 Å². The lowest BCUT2D eigenvalue weighted by Crippen LogP contribution is -2.32. The Morgan fingerprint density at radius 2 is 2.27 bits per heavy atom. The van der Waals surface area contributed by atoms with E-state index in [0.717, 1.165) is 13.1 Å². The Balaban J connectivity index is 3.46. The number of rotatable bonds is 5. The van der Waals surface area contributed by atoms with Crippen LogP contribution in [0.15, 0.2) is 0 Å². The topological polar surface area (TPSA) is 32.3 Å². The van der Waals surface area contributed by atoms with Crippen molar-refractivity contribution in [1.82, 2.24) is 10.2 Å². The molecule has 0 saturated heterocycles. The average molecular weight is 179 g/mol. The van der Waals surface area contributed by atoms with Crippen LogP contribution in [-0.2, 0) is 4.79 Å². The van der Waals surface area contributed by atoms with Crippen LogP contribution in [0.25, 0.3) is 0 Å². The predicted octanol–water partition coefficient (Wildman–Crippen LogP) is 0.293. The molecule has 0 fully saturated rings. The fraction of sp³-hybridized carbons (Fsp3) is 0.857. The molecule has 3 nitrogen and oxygen atoms in total. The van der Waals surface area contributed by atoms with E-state index in [0.29, 0.717) is 12.3 Å². The van der Waals surface area contributed by atoms with Gasteiger partial charge in [-0.1, -0.05) is 0 Å². The van der Waals surface area contributed by atoms with Crippen LogP contribution in [0.2, 0.25) is 0 Å². The normalized spacial score (nSPS) is 9.73. The van der Waals surface area contributed by atoms with Gasteiger partial charge in [-0.05, 0) is 7.05 Å². The van der Waals surface area contributed by atoms with Crippen LogP contribution >= 0.6 is 11.6 Å². The van der Waals surface area contributed by atoms with Gasteiger partial charge < -0.3 is 10.2 Å². The van der Waals surface area contributed by atoms with Gasteiger partial charge in [-0.3, -0.25) is 4.79 Å². The molecule has 0 unspecified atom stereocenters. The third-order valence-corrected chi connectivity index (χ3v) is 1.62. The minimum absolute atomic E-state index is 0.107. The minimum Gasteiger partial charge on any atom is -0.344 e. The Bertz CT molecular complexity index is 119. The minimum atomic E-state index is 0.107. The van der Waals surface area contributed by atoms with Crippen LogP contribution < -0.4 is 5.32 Å². The number of halogens is 1. The molecule has 0 spiro atoms. The molecule has 0 radical (unpaired) electrons. The van der Waals surface area contributed by atoms with Gasteiger partial charge in [0.15, 0.2) is 0 Å². The van der Waals surface area contributed by atoms with E-state index in [4.69, 9.17) is 11.6 Å². The van der Waals surface area contributed by atoms with Gasteiger partial charge in [0.1, 0.15) is 0 Å². The summed E-state index contributed by atoms with van der Waals surface area (Å²) in [4.78, 5) is 12.7. The molecule has 0 aliphatic rings. The van der Waals surface area contributed by atoms with Crippen molar-refractivity contribution < 1.29 is 4.79 Å². The second-order valence-electron chi connectivity index (χ2n) is 2.36. The molecule has 1 amide bonds. The van der Waals surface area contributed by atoms with E-state index < -0.39 is 0 Å². The van der Waals surface area contributed by atoms with Crippen molar-refractivity contribution in [2.75, 3.05) is 33.1 Å².